The van der Waals surface area contributed by atoms with E-state index in [1.54, 1.807) is 13.0 Å². The lowest BCUT2D eigenvalue weighted by Gasteiger charge is -2.33. The number of halogens is 1. The largest absolute Gasteiger partial charge is 0.352 e. The summed E-state index contributed by atoms with van der Waals surface area (Å²) < 4.78 is 42.0. The molecule has 41 heavy (non-hydrogen) atoms. The van der Waals surface area contributed by atoms with Gasteiger partial charge in [0.15, 0.2) is 0 Å². The summed E-state index contributed by atoms with van der Waals surface area (Å²) in [5.74, 6) is -1.60. The van der Waals surface area contributed by atoms with Crippen molar-refractivity contribution in [3.63, 3.8) is 0 Å². The Labute approximate surface area is 239 Å². The second-order valence-electron chi connectivity index (χ2n) is 9.49. The average molecular weight is 585 g/mol. The van der Waals surface area contributed by atoms with Gasteiger partial charge in [0.25, 0.3) is 15.7 Å². The molecule has 0 saturated heterocycles. The molecule has 0 aliphatic carbocycles. The molecule has 0 unspecified atom stereocenters. The number of nitro benzene ring substituents is 1. The van der Waals surface area contributed by atoms with Crippen molar-refractivity contribution in [2.24, 2.45) is 0 Å². The van der Waals surface area contributed by atoms with E-state index in [0.717, 1.165) is 10.4 Å². The van der Waals surface area contributed by atoms with E-state index in [4.69, 9.17) is 0 Å². The van der Waals surface area contributed by atoms with E-state index in [0.29, 0.717) is 12.0 Å². The molecule has 0 heterocycles. The van der Waals surface area contributed by atoms with Crippen molar-refractivity contribution in [2.75, 3.05) is 10.8 Å². The van der Waals surface area contributed by atoms with Crippen LogP contribution in [0.25, 0.3) is 0 Å². The molecular formula is C29H33FN4O6S. The maximum Gasteiger partial charge on any atom is 0.271 e. The molecular weight excluding hydrogens is 551 g/mol. The van der Waals surface area contributed by atoms with Crippen LogP contribution in [0.5, 0.6) is 0 Å². The fourth-order valence-corrected chi connectivity index (χ4v) is 5.58. The second-order valence-corrected chi connectivity index (χ2v) is 11.4. The van der Waals surface area contributed by atoms with Crippen LogP contribution < -0.4 is 9.62 Å². The Hall–Kier alpha value is -4.32. The van der Waals surface area contributed by atoms with Gasteiger partial charge in [0.05, 0.1) is 15.5 Å². The molecule has 0 aromatic heterocycles. The fraction of sp³-hybridized carbons (Fsp3) is 0.310. The van der Waals surface area contributed by atoms with Gasteiger partial charge < -0.3 is 10.2 Å². The van der Waals surface area contributed by atoms with Crippen molar-refractivity contribution in [1.82, 2.24) is 10.2 Å². The predicted molar refractivity (Wildman–Crippen MR) is 153 cm³/mol. The van der Waals surface area contributed by atoms with Crippen LogP contribution in [-0.2, 0) is 26.2 Å². The number of nitrogens with zero attached hydrogens (tertiary/aromatic N) is 3. The minimum atomic E-state index is -4.37. The van der Waals surface area contributed by atoms with Crippen molar-refractivity contribution in [3.8, 4) is 0 Å². The van der Waals surface area contributed by atoms with E-state index < -0.39 is 45.2 Å². The maximum absolute atomic E-state index is 14.0. The average Bonchev–Trinajstić information content (AvgIpc) is 2.97. The van der Waals surface area contributed by atoms with Gasteiger partial charge in [-0.15, -0.1) is 0 Å². The molecule has 10 nitrogen and oxygen atoms in total. The highest BCUT2D eigenvalue weighted by molar-refractivity contribution is 7.92. The van der Waals surface area contributed by atoms with E-state index in [2.05, 4.69) is 5.32 Å². The summed E-state index contributed by atoms with van der Waals surface area (Å²) in [4.78, 5) is 39.2. The van der Waals surface area contributed by atoms with E-state index in [9.17, 15) is 32.5 Å². The van der Waals surface area contributed by atoms with Gasteiger partial charge in [-0.05, 0) is 55.7 Å². The van der Waals surface area contributed by atoms with Crippen molar-refractivity contribution in [2.45, 2.75) is 57.1 Å². The van der Waals surface area contributed by atoms with Crippen LogP contribution in [0.3, 0.4) is 0 Å². The van der Waals surface area contributed by atoms with E-state index in [1.807, 2.05) is 13.8 Å². The standard InChI is InChI=1S/C29H33FN4O6S/c1-4-21(3)31-29(36)27(5-2)32(19-22-14-16-23(30)17-15-22)28(35)20-33(24-10-9-11-25(18-24)34(37)38)41(39,40)26-12-7-6-8-13-26/h6-18,21,27H,4-5,19-20H2,1-3H3,(H,31,36)/t21-,27-/m1/s1. The number of non-ortho nitro benzene ring substituents is 1. The molecule has 0 fully saturated rings. The first kappa shape index (κ1) is 31.2. The number of hydrogen-bond acceptors (Lipinski definition) is 6. The number of benzene rings is 3. The molecule has 0 radical (unpaired) electrons. The molecule has 2 amide bonds. The Morgan fingerprint density at radius 2 is 1.63 bits per heavy atom. The minimum absolute atomic E-state index is 0.0877. The Bertz CT molecular complexity index is 1470. The van der Waals surface area contributed by atoms with Crippen LogP contribution in [-0.4, -0.2) is 48.7 Å². The van der Waals surface area contributed by atoms with Crippen molar-refractivity contribution in [3.05, 3.63) is 100 Å². The summed E-state index contributed by atoms with van der Waals surface area (Å²) in [6.07, 6.45) is 0.876. The molecule has 3 aromatic carbocycles. The van der Waals surface area contributed by atoms with Gasteiger partial charge >= 0.3 is 0 Å². The summed E-state index contributed by atoms with van der Waals surface area (Å²) in [7, 11) is -4.37. The Balaban J connectivity index is 2.08. The molecule has 2 atom stereocenters. The number of anilines is 1. The summed E-state index contributed by atoms with van der Waals surface area (Å²) in [6, 6.07) is 16.7. The smallest absolute Gasteiger partial charge is 0.271 e. The van der Waals surface area contributed by atoms with Gasteiger partial charge in [0.2, 0.25) is 11.8 Å². The van der Waals surface area contributed by atoms with E-state index in [1.165, 1.54) is 71.6 Å². The molecule has 0 aliphatic heterocycles. The number of sulfonamides is 1. The number of hydrogen-bond donors (Lipinski definition) is 1. The van der Waals surface area contributed by atoms with Crippen LogP contribution in [0.1, 0.15) is 39.2 Å². The third-order valence-corrected chi connectivity index (χ3v) is 8.38. The maximum atomic E-state index is 14.0. The number of nitrogens with one attached hydrogen (secondary N) is 1. The van der Waals surface area contributed by atoms with Crippen molar-refractivity contribution >= 4 is 33.2 Å². The topological polar surface area (TPSA) is 130 Å². The van der Waals surface area contributed by atoms with E-state index in [-0.39, 0.29) is 35.3 Å². The Kier molecular flexibility index (Phi) is 10.5. The van der Waals surface area contributed by atoms with Crippen LogP contribution in [0.15, 0.2) is 83.8 Å². The first-order valence-electron chi connectivity index (χ1n) is 13.1. The Morgan fingerprint density at radius 1 is 0.976 bits per heavy atom. The van der Waals surface area contributed by atoms with Gasteiger partial charge in [-0.1, -0.05) is 50.2 Å². The molecule has 0 aliphatic rings. The third-order valence-electron chi connectivity index (χ3n) is 6.59. The number of carbonyl (C=O) groups is 2. The lowest BCUT2D eigenvalue weighted by molar-refractivity contribution is -0.384. The van der Waals surface area contributed by atoms with Crippen LogP contribution in [0.4, 0.5) is 15.8 Å². The lowest BCUT2D eigenvalue weighted by Crippen LogP contribution is -2.53. The fourth-order valence-electron chi connectivity index (χ4n) is 4.16. The molecule has 0 bridgehead atoms. The van der Waals surface area contributed by atoms with E-state index >= 15 is 0 Å². The molecule has 12 heteroatoms. The first-order valence-corrected chi connectivity index (χ1v) is 14.6. The highest BCUT2D eigenvalue weighted by Crippen LogP contribution is 2.28. The summed E-state index contributed by atoms with van der Waals surface area (Å²) in [6.45, 7) is 4.61. The van der Waals surface area contributed by atoms with Gasteiger partial charge in [0, 0.05) is 24.7 Å². The number of carbonyl (C=O) groups excluding carboxylic acids is 2. The molecule has 3 rings (SSSR count). The quantitative estimate of drug-likeness (QED) is 0.230. The predicted octanol–water partition coefficient (Wildman–Crippen LogP) is 4.65. The summed E-state index contributed by atoms with van der Waals surface area (Å²) in [5, 5.41) is 14.3. The second kappa shape index (κ2) is 13.8. The SMILES string of the molecule is CC[C@@H](C)NC(=O)[C@@H](CC)N(Cc1ccc(F)cc1)C(=O)CN(c1cccc([N+](=O)[O-])c1)S(=O)(=O)c1ccccc1. The van der Waals surface area contributed by atoms with Crippen LogP contribution in [0.2, 0.25) is 0 Å². The Morgan fingerprint density at radius 3 is 2.22 bits per heavy atom. The molecule has 3 aromatic rings. The van der Waals surface area contributed by atoms with Gasteiger partial charge in [0.1, 0.15) is 18.4 Å². The van der Waals surface area contributed by atoms with Crippen molar-refractivity contribution < 1.29 is 27.3 Å². The van der Waals surface area contributed by atoms with Gasteiger partial charge in [-0.3, -0.25) is 24.0 Å². The molecule has 0 spiro atoms. The van der Waals surface area contributed by atoms with Crippen LogP contribution in [0, 0.1) is 15.9 Å². The third kappa shape index (κ3) is 7.88. The molecule has 1 N–H and O–H groups in total. The number of nitro groups is 1. The number of rotatable bonds is 13. The zero-order valence-electron chi connectivity index (χ0n) is 23.1. The lowest BCUT2D eigenvalue weighted by atomic mass is 10.1. The van der Waals surface area contributed by atoms with Crippen molar-refractivity contribution in [1.29, 1.82) is 0 Å². The van der Waals surface area contributed by atoms with Gasteiger partial charge in [-0.2, -0.15) is 0 Å². The zero-order valence-corrected chi connectivity index (χ0v) is 23.9. The van der Waals surface area contributed by atoms with Crippen LogP contribution >= 0.6 is 0 Å². The minimum Gasteiger partial charge on any atom is -0.352 e. The monoisotopic (exact) mass is 584 g/mol. The first-order chi connectivity index (χ1) is 19.5. The summed E-state index contributed by atoms with van der Waals surface area (Å²) >= 11 is 0. The zero-order chi connectivity index (χ0) is 30.2. The van der Waals surface area contributed by atoms with Gasteiger partial charge in [-0.25, -0.2) is 12.8 Å². The molecule has 218 valence electrons. The molecule has 0 saturated carbocycles. The summed E-state index contributed by atoms with van der Waals surface area (Å²) in [5.41, 5.74) is 0.0864. The highest BCUT2D eigenvalue weighted by Gasteiger charge is 2.34. The highest BCUT2D eigenvalue weighted by atomic mass is 32.2. The normalized spacial score (nSPS) is 12.7. The number of amides is 2.